The molecule has 1 rings (SSSR count). The number of ether oxygens (including phenoxy) is 2. The van der Waals surface area contributed by atoms with Crippen LogP contribution < -0.4 is 5.32 Å². The predicted octanol–water partition coefficient (Wildman–Crippen LogP) is 4.31. The van der Waals surface area contributed by atoms with Crippen LogP contribution >= 0.6 is 0 Å². The number of benzene rings is 1. The average molecular weight is 406 g/mol. The maximum atomic E-state index is 13.1. The summed E-state index contributed by atoms with van der Waals surface area (Å²) in [6.07, 6.45) is 0.249. The Labute approximate surface area is 174 Å². The Kier molecular flexibility index (Phi) is 9.86. The first-order valence-electron chi connectivity index (χ1n) is 10.2. The number of hydrogen-bond donors (Lipinski definition) is 1. The van der Waals surface area contributed by atoms with Crippen molar-refractivity contribution < 1.29 is 23.9 Å². The Bertz CT molecular complexity index is 664. The van der Waals surface area contributed by atoms with Gasteiger partial charge in [-0.1, -0.05) is 44.2 Å². The Balaban J connectivity index is 2.97. The molecule has 1 N–H and O–H groups in total. The van der Waals surface area contributed by atoms with Gasteiger partial charge in [0.25, 0.3) is 0 Å². The molecule has 0 saturated heterocycles. The highest BCUT2D eigenvalue weighted by atomic mass is 16.6. The van der Waals surface area contributed by atoms with Crippen LogP contribution in [-0.4, -0.2) is 36.1 Å². The number of Topliss-reactive ketones (excluding diaryl/α,β-unsaturated/α-hetero) is 1. The lowest BCUT2D eigenvalue weighted by Gasteiger charge is -2.24. The third-order valence-electron chi connectivity index (χ3n) is 4.19. The maximum absolute atomic E-state index is 13.1. The minimum atomic E-state index is -0.781. The van der Waals surface area contributed by atoms with Gasteiger partial charge in [0.15, 0.2) is 5.78 Å². The molecule has 1 unspecified atom stereocenters. The van der Waals surface area contributed by atoms with Gasteiger partial charge in [0, 0.05) is 6.42 Å². The smallest absolute Gasteiger partial charge is 0.408 e. The van der Waals surface area contributed by atoms with Crippen LogP contribution in [0.25, 0.3) is 0 Å². The van der Waals surface area contributed by atoms with Crippen molar-refractivity contribution in [2.24, 2.45) is 11.8 Å². The third kappa shape index (κ3) is 10.1. The number of carbonyl (C=O) groups is 3. The zero-order valence-corrected chi connectivity index (χ0v) is 18.5. The number of ketones is 1. The highest BCUT2D eigenvalue weighted by Crippen LogP contribution is 2.20. The van der Waals surface area contributed by atoms with Crippen molar-refractivity contribution in [1.29, 1.82) is 0 Å². The summed E-state index contributed by atoms with van der Waals surface area (Å²) in [5.41, 5.74) is 0.244. The molecule has 6 nitrogen and oxygen atoms in total. The zero-order valence-electron chi connectivity index (χ0n) is 18.5. The van der Waals surface area contributed by atoms with E-state index in [9.17, 15) is 14.4 Å². The summed E-state index contributed by atoms with van der Waals surface area (Å²) in [6.45, 7) is 11.3. The molecule has 1 amide bonds. The van der Waals surface area contributed by atoms with Gasteiger partial charge in [-0.15, -0.1) is 0 Å². The van der Waals surface area contributed by atoms with E-state index in [0.29, 0.717) is 12.8 Å². The van der Waals surface area contributed by atoms with E-state index in [1.54, 1.807) is 27.7 Å². The van der Waals surface area contributed by atoms with Gasteiger partial charge < -0.3 is 14.8 Å². The molecule has 0 aliphatic carbocycles. The fraction of sp³-hybridized carbons (Fsp3) is 0.609. The highest BCUT2D eigenvalue weighted by Gasteiger charge is 2.30. The molecule has 29 heavy (non-hydrogen) atoms. The van der Waals surface area contributed by atoms with Gasteiger partial charge in [0.05, 0.1) is 18.6 Å². The number of nitrogens with one attached hydrogen (secondary N) is 1. The first-order valence-corrected chi connectivity index (χ1v) is 10.2. The van der Waals surface area contributed by atoms with Crippen molar-refractivity contribution in [3.8, 4) is 0 Å². The number of amides is 1. The number of alkyl carbamates (subject to hydrolysis) is 1. The van der Waals surface area contributed by atoms with Gasteiger partial charge in [-0.05, 0) is 52.0 Å². The molecule has 1 aromatic carbocycles. The fourth-order valence-corrected chi connectivity index (χ4v) is 3.02. The fourth-order valence-electron chi connectivity index (χ4n) is 3.02. The van der Waals surface area contributed by atoms with Crippen LogP contribution in [0.2, 0.25) is 0 Å². The minimum absolute atomic E-state index is 0.0182. The van der Waals surface area contributed by atoms with Crippen LogP contribution in [0.15, 0.2) is 30.3 Å². The van der Waals surface area contributed by atoms with Crippen LogP contribution in [0.1, 0.15) is 59.9 Å². The largest absolute Gasteiger partial charge is 0.466 e. The summed E-state index contributed by atoms with van der Waals surface area (Å²) in [7, 11) is 0. The Morgan fingerprint density at radius 1 is 1.07 bits per heavy atom. The lowest BCUT2D eigenvalue weighted by Crippen LogP contribution is -2.45. The second-order valence-corrected chi connectivity index (χ2v) is 8.64. The molecule has 1 aromatic rings. The number of esters is 1. The molecule has 0 radical (unpaired) electrons. The minimum Gasteiger partial charge on any atom is -0.466 e. The molecule has 0 saturated carbocycles. The Hall–Kier alpha value is -2.37. The van der Waals surface area contributed by atoms with Gasteiger partial charge in [-0.25, -0.2) is 4.79 Å². The normalized spacial score (nSPS) is 13.5. The molecule has 2 atom stereocenters. The lowest BCUT2D eigenvalue weighted by atomic mass is 9.89. The van der Waals surface area contributed by atoms with Gasteiger partial charge in [0.2, 0.25) is 0 Å². The van der Waals surface area contributed by atoms with Crippen LogP contribution in [0.4, 0.5) is 4.79 Å². The SMILES string of the molecule is CCOC(=O)C(CC(=O)[C@H](Cc1ccccc1)NC(=O)OC(C)(C)C)CC(C)C. The molecule has 6 heteroatoms. The van der Waals surface area contributed by atoms with Crippen LogP contribution in [0, 0.1) is 11.8 Å². The first-order chi connectivity index (χ1) is 13.5. The molecule has 0 bridgehead atoms. The number of hydrogen-bond acceptors (Lipinski definition) is 5. The molecule has 0 heterocycles. The monoisotopic (exact) mass is 405 g/mol. The summed E-state index contributed by atoms with van der Waals surface area (Å²) in [5.74, 6) is -0.867. The Morgan fingerprint density at radius 3 is 2.21 bits per heavy atom. The summed E-state index contributed by atoms with van der Waals surface area (Å²) in [6, 6.07) is 8.66. The molecule has 0 aliphatic rings. The van der Waals surface area contributed by atoms with E-state index in [4.69, 9.17) is 9.47 Å². The van der Waals surface area contributed by atoms with E-state index < -0.39 is 23.7 Å². The highest BCUT2D eigenvalue weighted by molar-refractivity contribution is 5.90. The Morgan fingerprint density at radius 2 is 1.69 bits per heavy atom. The van der Waals surface area contributed by atoms with E-state index in [1.807, 2.05) is 44.2 Å². The molecule has 0 spiro atoms. The maximum Gasteiger partial charge on any atom is 0.408 e. The van der Waals surface area contributed by atoms with E-state index in [0.717, 1.165) is 5.56 Å². The molecule has 0 fully saturated rings. The third-order valence-corrected chi connectivity index (χ3v) is 4.19. The summed E-state index contributed by atoms with van der Waals surface area (Å²) in [5, 5.41) is 2.69. The second kappa shape index (κ2) is 11.6. The van der Waals surface area contributed by atoms with Crippen LogP contribution in [-0.2, 0) is 25.5 Å². The average Bonchev–Trinajstić information content (AvgIpc) is 2.59. The quantitative estimate of drug-likeness (QED) is 0.587. The van der Waals surface area contributed by atoms with E-state index in [2.05, 4.69) is 5.32 Å². The van der Waals surface area contributed by atoms with Crippen molar-refractivity contribution in [1.82, 2.24) is 5.32 Å². The van der Waals surface area contributed by atoms with E-state index in [-0.39, 0.29) is 30.7 Å². The first kappa shape index (κ1) is 24.7. The van der Waals surface area contributed by atoms with E-state index >= 15 is 0 Å². The van der Waals surface area contributed by atoms with Crippen LogP contribution in [0.3, 0.4) is 0 Å². The van der Waals surface area contributed by atoms with E-state index in [1.165, 1.54) is 0 Å². The summed E-state index contributed by atoms with van der Waals surface area (Å²) < 4.78 is 10.5. The molecular weight excluding hydrogens is 370 g/mol. The molecular formula is C23H35NO5. The molecule has 162 valence electrons. The summed E-state index contributed by atoms with van der Waals surface area (Å²) >= 11 is 0. The van der Waals surface area contributed by atoms with Crippen LogP contribution in [0.5, 0.6) is 0 Å². The number of rotatable bonds is 10. The van der Waals surface area contributed by atoms with Gasteiger partial charge in [-0.3, -0.25) is 9.59 Å². The van der Waals surface area contributed by atoms with Gasteiger partial charge >= 0.3 is 12.1 Å². The molecule has 0 aliphatic heterocycles. The number of carbonyl (C=O) groups excluding carboxylic acids is 3. The van der Waals surface area contributed by atoms with Gasteiger partial charge in [-0.2, -0.15) is 0 Å². The van der Waals surface area contributed by atoms with Gasteiger partial charge in [0.1, 0.15) is 5.60 Å². The second-order valence-electron chi connectivity index (χ2n) is 8.64. The standard InChI is InChI=1S/C23H35NO5/c1-7-28-21(26)18(13-16(2)3)15-20(25)19(14-17-11-9-8-10-12-17)24-22(27)29-23(4,5)6/h8-12,16,18-19H,7,13-15H2,1-6H3,(H,24,27)/t18?,19-/m0/s1. The summed E-state index contributed by atoms with van der Waals surface area (Å²) in [4.78, 5) is 37.7. The topological polar surface area (TPSA) is 81.7 Å². The van der Waals surface area contributed by atoms with Crippen molar-refractivity contribution in [2.75, 3.05) is 6.61 Å². The molecule has 0 aromatic heterocycles. The van der Waals surface area contributed by atoms with Crippen molar-refractivity contribution >= 4 is 17.8 Å². The van der Waals surface area contributed by atoms with Crippen molar-refractivity contribution in [2.45, 2.75) is 72.4 Å². The lowest BCUT2D eigenvalue weighted by molar-refractivity contribution is -0.150. The predicted molar refractivity (Wildman–Crippen MR) is 113 cm³/mol. The van der Waals surface area contributed by atoms with Crippen molar-refractivity contribution in [3.05, 3.63) is 35.9 Å². The zero-order chi connectivity index (χ0) is 22.0. The van der Waals surface area contributed by atoms with Crippen molar-refractivity contribution in [3.63, 3.8) is 0 Å².